The summed E-state index contributed by atoms with van der Waals surface area (Å²) in [5.41, 5.74) is 8.89. The molecule has 0 aliphatic carbocycles. The first-order valence-electron chi connectivity index (χ1n) is 4.15. The molecule has 80 valence electrons. The molecule has 3 heteroatoms. The van der Waals surface area contributed by atoms with Crippen LogP contribution in [-0.4, -0.2) is 5.21 Å². The number of rotatable bonds is 1. The van der Waals surface area contributed by atoms with E-state index in [9.17, 15) is 0 Å². The van der Waals surface area contributed by atoms with Gasteiger partial charge in [-0.3, -0.25) is 0 Å². The van der Waals surface area contributed by atoms with E-state index in [-0.39, 0.29) is 6.84 Å². The van der Waals surface area contributed by atoms with Gasteiger partial charge in [-0.2, -0.15) is 0 Å². The average molecular weight is 188 g/mol. The maximum Gasteiger partial charge on any atom is 0.0270 e. The molecule has 0 amide bonds. The molecule has 5 N–H and O–H groups in total. The van der Waals surface area contributed by atoms with Gasteiger partial charge in [0.1, 0.15) is 0 Å². The van der Waals surface area contributed by atoms with Crippen LogP contribution in [0.15, 0.2) is 23.4 Å². The second-order valence-electron chi connectivity index (χ2n) is 4.03. The highest BCUT2D eigenvalue weighted by molar-refractivity contribution is 5.30. The van der Waals surface area contributed by atoms with Crippen LogP contribution in [-0.2, 0) is 0 Å². The van der Waals surface area contributed by atoms with Gasteiger partial charge in [-0.1, -0.05) is 32.9 Å². The van der Waals surface area contributed by atoms with Gasteiger partial charge < -0.3 is 10.9 Å². The number of allylic oxidation sites excluding steroid dienone is 2. The fraction of sp³-hybridized carbons (Fsp3) is 0.600. The van der Waals surface area contributed by atoms with Crippen molar-refractivity contribution in [1.29, 1.82) is 0 Å². The summed E-state index contributed by atoms with van der Waals surface area (Å²) in [4.78, 5) is 0. The molecular weight excluding hydrogens is 164 g/mol. The summed E-state index contributed by atoms with van der Waals surface area (Å²) in [6, 6.07) is 0. The highest BCUT2D eigenvalue weighted by Crippen LogP contribution is 2.28. The fourth-order valence-electron chi connectivity index (χ4n) is 0.803. The summed E-state index contributed by atoms with van der Waals surface area (Å²) in [5.74, 6) is 3.50. The van der Waals surface area contributed by atoms with E-state index in [0.29, 0.717) is 5.70 Å². The number of hydrogen-bond acceptors (Lipinski definition) is 3. The number of nitrogens with two attached hydrogens (primary N) is 2. The van der Waals surface area contributed by atoms with Crippen LogP contribution in [0.25, 0.3) is 0 Å². The summed E-state index contributed by atoms with van der Waals surface area (Å²) in [6.07, 6.45) is 0. The Morgan fingerprint density at radius 3 is 1.62 bits per heavy atom. The predicted molar refractivity (Wildman–Crippen MR) is 59.2 cm³/mol. The molecule has 0 bridgehead atoms. The van der Waals surface area contributed by atoms with Crippen LogP contribution in [0, 0.1) is 5.41 Å². The molecule has 0 saturated carbocycles. The van der Waals surface area contributed by atoms with Crippen molar-refractivity contribution in [3.63, 3.8) is 0 Å². The quantitative estimate of drug-likeness (QED) is 0.437. The predicted octanol–water partition coefficient (Wildman–Crippen LogP) is 2.42. The minimum absolute atomic E-state index is 0. The maximum atomic E-state index is 6.50. The van der Waals surface area contributed by atoms with E-state index >= 15 is 0 Å². The second-order valence-corrected chi connectivity index (χ2v) is 4.03. The topological polar surface area (TPSA) is 72.3 Å². The third kappa shape index (κ3) is 5.44. The lowest BCUT2D eigenvalue weighted by molar-refractivity contribution is 0.311. The molecule has 0 spiro atoms. The Bertz CT molecular complexity index is 205. The molecule has 0 heterocycles. The van der Waals surface area contributed by atoms with Gasteiger partial charge in [-0.25, -0.2) is 5.90 Å². The van der Waals surface area contributed by atoms with Gasteiger partial charge in [0.05, 0.1) is 0 Å². The summed E-state index contributed by atoms with van der Waals surface area (Å²) in [7, 11) is 0. The van der Waals surface area contributed by atoms with E-state index < -0.39 is 0 Å². The van der Waals surface area contributed by atoms with Crippen molar-refractivity contribution in [2.24, 2.45) is 17.0 Å². The van der Waals surface area contributed by atoms with Gasteiger partial charge >= 0.3 is 0 Å². The van der Waals surface area contributed by atoms with E-state index in [2.05, 4.69) is 40.2 Å². The molecule has 0 atom stereocenters. The fourth-order valence-corrected chi connectivity index (χ4v) is 0.803. The molecule has 0 aliphatic heterocycles. The molecule has 0 aromatic rings. The van der Waals surface area contributed by atoms with Crippen LogP contribution < -0.4 is 11.6 Å². The lowest BCUT2D eigenvalue weighted by Gasteiger charge is -2.22. The van der Waals surface area contributed by atoms with Crippen molar-refractivity contribution in [1.82, 2.24) is 0 Å². The first-order chi connectivity index (χ1) is 5.76. The molecule has 0 aromatic carbocycles. The summed E-state index contributed by atoms with van der Waals surface area (Å²) < 4.78 is 0. The monoisotopic (exact) mass is 188 g/mol. The molecule has 0 fully saturated rings. The van der Waals surface area contributed by atoms with Crippen molar-refractivity contribution in [2.75, 3.05) is 0 Å². The van der Waals surface area contributed by atoms with Crippen molar-refractivity contribution in [3.8, 4) is 0 Å². The van der Waals surface area contributed by atoms with E-state index in [1.54, 1.807) is 0 Å². The Labute approximate surface area is 82.6 Å². The van der Waals surface area contributed by atoms with Crippen molar-refractivity contribution in [3.05, 3.63) is 23.4 Å². The Kier molecular flexibility index (Phi) is 6.54. The largest absolute Gasteiger partial charge is 0.399 e. The summed E-state index contributed by atoms with van der Waals surface area (Å²) in [6.45, 7) is 14.4. The van der Waals surface area contributed by atoms with Gasteiger partial charge in [0, 0.05) is 7.12 Å². The van der Waals surface area contributed by atoms with E-state index in [1.807, 2.05) is 6.92 Å². The molecule has 0 aromatic heterocycles. The van der Waals surface area contributed by atoms with Gasteiger partial charge in [-0.15, -0.1) is 0 Å². The molecule has 0 rings (SSSR count). The summed E-state index contributed by atoms with van der Waals surface area (Å²) in [5, 5.41) is 6.50. The minimum atomic E-state index is 0. The number of hydrogen-bond donors (Lipinski definition) is 3. The van der Waals surface area contributed by atoms with Crippen LogP contribution >= 0.6 is 0 Å². The van der Waals surface area contributed by atoms with Crippen LogP contribution in [0.2, 0.25) is 0 Å². The van der Waals surface area contributed by atoms with Crippen molar-refractivity contribution in [2.45, 2.75) is 34.6 Å². The van der Waals surface area contributed by atoms with Gasteiger partial charge in [0.15, 0.2) is 0 Å². The second kappa shape index (κ2) is 5.78. The van der Waals surface area contributed by atoms with Crippen LogP contribution in [0.3, 0.4) is 0 Å². The molecule has 0 unspecified atom stereocenters. The molecule has 3 nitrogen and oxygen atoms in total. The van der Waals surface area contributed by atoms with E-state index in [0.717, 1.165) is 5.57 Å². The Morgan fingerprint density at radius 1 is 1.23 bits per heavy atom. The van der Waals surface area contributed by atoms with Crippen molar-refractivity contribution >= 4 is 0 Å². The summed E-state index contributed by atoms with van der Waals surface area (Å²) >= 11 is 0. The zero-order valence-corrected chi connectivity index (χ0v) is 9.31. The van der Waals surface area contributed by atoms with Crippen LogP contribution in [0.5, 0.6) is 0 Å². The van der Waals surface area contributed by atoms with Crippen molar-refractivity contribution < 1.29 is 6.63 Å². The van der Waals surface area contributed by atoms with Gasteiger partial charge in [-0.05, 0) is 24.8 Å². The Balaban J connectivity index is -0.000000376. The van der Waals surface area contributed by atoms with Crippen LogP contribution in [0.4, 0.5) is 0 Å². The first-order valence-corrected chi connectivity index (χ1v) is 4.15. The Hall–Kier alpha value is -0.800. The smallest absolute Gasteiger partial charge is 0.0270 e. The molecule has 0 radical (unpaired) electrons. The third-order valence-corrected chi connectivity index (χ3v) is 2.17. The SMILES string of the molecule is C=C(N)/C(C)=C(\C)C(C)(C)C.NO.[HH]. The van der Waals surface area contributed by atoms with Crippen LogP contribution in [0.1, 0.15) is 36.0 Å². The maximum absolute atomic E-state index is 6.50. The minimum Gasteiger partial charge on any atom is -0.399 e. The van der Waals surface area contributed by atoms with Gasteiger partial charge in [0.25, 0.3) is 0 Å². The van der Waals surface area contributed by atoms with E-state index in [1.165, 1.54) is 5.57 Å². The zero-order valence-electron chi connectivity index (χ0n) is 9.31. The normalized spacial score (nSPS) is 12.5. The lowest BCUT2D eigenvalue weighted by atomic mass is 9.84. The van der Waals surface area contributed by atoms with E-state index in [4.69, 9.17) is 10.9 Å². The highest BCUT2D eigenvalue weighted by atomic mass is 16.4. The zero-order chi connectivity index (χ0) is 11.2. The Morgan fingerprint density at radius 2 is 1.54 bits per heavy atom. The first kappa shape index (κ1) is 14.7. The molecule has 13 heavy (non-hydrogen) atoms. The molecule has 0 saturated heterocycles. The third-order valence-electron chi connectivity index (χ3n) is 2.17. The average Bonchev–Trinajstić information content (AvgIpc) is 2.03. The molecule has 0 aliphatic rings. The highest BCUT2D eigenvalue weighted by Gasteiger charge is 2.15. The lowest BCUT2D eigenvalue weighted by Crippen LogP contribution is -2.11. The van der Waals surface area contributed by atoms with Gasteiger partial charge in [0.2, 0.25) is 0 Å². The standard InChI is InChI=1S/C10H19N.H3NO.H2/c1-7(9(3)11)8(2)10(4,5)6;1-2;/h3,11H2,1-2,4-6H3;2H,1H2;1H/b8-7+;;. The molecular formula is C10H24N2O.